The topological polar surface area (TPSA) is 88.3 Å². The number of halogens is 2. The Kier molecular flexibility index (Phi) is 6.13. The maximum absolute atomic E-state index is 13.3. The van der Waals surface area contributed by atoms with Crippen LogP contribution in [0.4, 0.5) is 31.8 Å². The first-order valence-electron chi connectivity index (χ1n) is 8.50. The second-order valence-corrected chi connectivity index (χ2v) is 5.97. The lowest BCUT2D eigenvalue weighted by Crippen LogP contribution is -2.37. The highest BCUT2D eigenvalue weighted by atomic mass is 19.2. The number of nitrogen functional groups attached to an aromatic ring is 1. The molecule has 26 heavy (non-hydrogen) atoms. The maximum Gasteiger partial charge on any atom is 0.160 e. The zero-order valence-corrected chi connectivity index (χ0v) is 14.3. The number of morpholine rings is 1. The smallest absolute Gasteiger partial charge is 0.160 e. The van der Waals surface area contributed by atoms with Gasteiger partial charge in [-0.1, -0.05) is 0 Å². The van der Waals surface area contributed by atoms with Crippen LogP contribution in [-0.4, -0.2) is 54.3 Å². The van der Waals surface area contributed by atoms with E-state index in [1.165, 1.54) is 12.4 Å². The molecule has 1 aromatic carbocycles. The number of nitrogens with two attached hydrogens (primary N) is 1. The maximum atomic E-state index is 13.3. The molecule has 1 aliphatic heterocycles. The van der Waals surface area contributed by atoms with Gasteiger partial charge in [0, 0.05) is 31.4 Å². The van der Waals surface area contributed by atoms with Crippen molar-refractivity contribution >= 4 is 23.0 Å². The van der Waals surface area contributed by atoms with Gasteiger partial charge < -0.3 is 21.1 Å². The summed E-state index contributed by atoms with van der Waals surface area (Å²) in [6.45, 7) is 5.16. The van der Waals surface area contributed by atoms with E-state index in [1.54, 1.807) is 0 Å². The van der Waals surface area contributed by atoms with Crippen molar-refractivity contribution in [3.8, 4) is 0 Å². The minimum absolute atomic E-state index is 0.323. The molecule has 0 saturated carbocycles. The highest BCUT2D eigenvalue weighted by Crippen LogP contribution is 2.26. The number of hydrogen-bond acceptors (Lipinski definition) is 7. The van der Waals surface area contributed by atoms with Crippen LogP contribution in [0.3, 0.4) is 0 Å². The predicted molar refractivity (Wildman–Crippen MR) is 96.5 cm³/mol. The highest BCUT2D eigenvalue weighted by Gasteiger charge is 2.11. The minimum atomic E-state index is -0.941. The number of ether oxygens (including phenoxy) is 1. The molecule has 2 aromatic rings. The number of nitrogens with one attached hydrogen (secondary N) is 2. The molecule has 1 aliphatic rings. The number of rotatable bonds is 7. The van der Waals surface area contributed by atoms with Gasteiger partial charge in [-0.2, -0.15) is 0 Å². The van der Waals surface area contributed by atoms with Crippen molar-refractivity contribution in [2.75, 3.05) is 55.8 Å². The summed E-state index contributed by atoms with van der Waals surface area (Å²) in [7, 11) is 0. The van der Waals surface area contributed by atoms with Gasteiger partial charge in [-0.3, -0.25) is 4.90 Å². The summed E-state index contributed by atoms with van der Waals surface area (Å²) in [5.41, 5.74) is 6.76. The van der Waals surface area contributed by atoms with E-state index in [2.05, 4.69) is 25.5 Å². The Hall–Kier alpha value is -2.52. The van der Waals surface area contributed by atoms with Crippen LogP contribution in [0.2, 0.25) is 0 Å². The van der Waals surface area contributed by atoms with Gasteiger partial charge in [0.2, 0.25) is 0 Å². The Morgan fingerprint density at radius 2 is 1.88 bits per heavy atom. The van der Waals surface area contributed by atoms with Crippen molar-refractivity contribution < 1.29 is 13.5 Å². The Morgan fingerprint density at radius 1 is 1.12 bits per heavy atom. The molecule has 1 aromatic heterocycles. The summed E-state index contributed by atoms with van der Waals surface area (Å²) in [6, 6.07) is 3.50. The molecule has 0 bridgehead atoms. The van der Waals surface area contributed by atoms with Crippen LogP contribution in [0.5, 0.6) is 0 Å². The molecule has 0 aliphatic carbocycles. The van der Waals surface area contributed by atoms with Crippen molar-refractivity contribution in [1.29, 1.82) is 0 Å². The van der Waals surface area contributed by atoms with Gasteiger partial charge in [0.05, 0.1) is 13.2 Å². The molecule has 0 spiro atoms. The molecule has 9 heteroatoms. The third-order valence-electron chi connectivity index (χ3n) is 4.11. The molecule has 0 amide bonds. The first-order valence-corrected chi connectivity index (χ1v) is 8.50. The zero-order chi connectivity index (χ0) is 18.4. The van der Waals surface area contributed by atoms with Gasteiger partial charge in [0.25, 0.3) is 0 Å². The van der Waals surface area contributed by atoms with E-state index in [-0.39, 0.29) is 0 Å². The van der Waals surface area contributed by atoms with Gasteiger partial charge in [-0.15, -0.1) is 0 Å². The van der Waals surface area contributed by atoms with Crippen molar-refractivity contribution in [3.63, 3.8) is 0 Å². The van der Waals surface area contributed by atoms with Crippen LogP contribution in [0.1, 0.15) is 6.42 Å². The largest absolute Gasteiger partial charge is 0.393 e. The quantitative estimate of drug-likeness (QED) is 0.649. The summed E-state index contributed by atoms with van der Waals surface area (Å²) < 4.78 is 31.7. The number of benzene rings is 1. The van der Waals surface area contributed by atoms with E-state index in [0.29, 0.717) is 29.6 Å². The lowest BCUT2D eigenvalue weighted by Gasteiger charge is -2.26. The van der Waals surface area contributed by atoms with Crippen LogP contribution < -0.4 is 16.4 Å². The SMILES string of the molecule is Nc1c(NCCCN2CCOCC2)ncnc1Nc1ccc(F)c(F)c1. The molecule has 0 radical (unpaired) electrons. The molecule has 0 unspecified atom stereocenters. The fraction of sp³-hybridized carbons (Fsp3) is 0.412. The van der Waals surface area contributed by atoms with Crippen molar-refractivity contribution in [2.24, 2.45) is 0 Å². The van der Waals surface area contributed by atoms with Crippen LogP contribution in [-0.2, 0) is 4.74 Å². The van der Waals surface area contributed by atoms with E-state index >= 15 is 0 Å². The number of hydrogen-bond donors (Lipinski definition) is 3. The van der Waals surface area contributed by atoms with Gasteiger partial charge >= 0.3 is 0 Å². The summed E-state index contributed by atoms with van der Waals surface area (Å²) in [5, 5.41) is 6.07. The van der Waals surface area contributed by atoms with Crippen LogP contribution >= 0.6 is 0 Å². The van der Waals surface area contributed by atoms with Crippen LogP contribution in [0.15, 0.2) is 24.5 Å². The molecule has 1 fully saturated rings. The minimum Gasteiger partial charge on any atom is -0.393 e. The molecular weight excluding hydrogens is 342 g/mol. The number of nitrogens with zero attached hydrogens (tertiary/aromatic N) is 3. The molecule has 0 atom stereocenters. The fourth-order valence-corrected chi connectivity index (χ4v) is 2.68. The lowest BCUT2D eigenvalue weighted by atomic mass is 10.3. The Labute approximate surface area is 150 Å². The molecule has 4 N–H and O–H groups in total. The average molecular weight is 364 g/mol. The van der Waals surface area contributed by atoms with Crippen molar-refractivity contribution in [1.82, 2.24) is 14.9 Å². The molecule has 1 saturated heterocycles. The summed E-state index contributed by atoms with van der Waals surface area (Å²) in [5.74, 6) is -1.01. The second-order valence-electron chi connectivity index (χ2n) is 5.97. The number of aromatic nitrogens is 2. The zero-order valence-electron chi connectivity index (χ0n) is 14.3. The van der Waals surface area contributed by atoms with Crippen molar-refractivity contribution in [3.05, 3.63) is 36.2 Å². The normalized spacial score (nSPS) is 15.0. The first-order chi connectivity index (χ1) is 12.6. The molecular formula is C17H22F2N6O. The monoisotopic (exact) mass is 364 g/mol. The molecule has 3 rings (SSSR count). The summed E-state index contributed by atoms with van der Waals surface area (Å²) in [6.07, 6.45) is 2.30. The van der Waals surface area contributed by atoms with Gasteiger partial charge in [0.15, 0.2) is 23.3 Å². The molecule has 140 valence electrons. The third-order valence-corrected chi connectivity index (χ3v) is 4.11. The van der Waals surface area contributed by atoms with Gasteiger partial charge in [-0.25, -0.2) is 18.7 Å². The Bertz CT molecular complexity index is 739. The van der Waals surface area contributed by atoms with Crippen molar-refractivity contribution in [2.45, 2.75) is 6.42 Å². The lowest BCUT2D eigenvalue weighted by molar-refractivity contribution is 0.0378. The van der Waals surface area contributed by atoms with E-state index in [1.807, 2.05) is 0 Å². The number of anilines is 4. The molecule has 2 heterocycles. The summed E-state index contributed by atoms with van der Waals surface area (Å²) in [4.78, 5) is 10.6. The first kappa shape index (κ1) is 18.3. The average Bonchev–Trinajstić information content (AvgIpc) is 2.65. The highest BCUT2D eigenvalue weighted by molar-refractivity contribution is 5.77. The van der Waals surface area contributed by atoms with Gasteiger partial charge in [-0.05, 0) is 25.1 Å². The van der Waals surface area contributed by atoms with Crippen LogP contribution in [0, 0.1) is 11.6 Å². The van der Waals surface area contributed by atoms with Gasteiger partial charge in [0.1, 0.15) is 12.0 Å². The van der Waals surface area contributed by atoms with Crippen LogP contribution in [0.25, 0.3) is 0 Å². The Balaban J connectivity index is 1.55. The van der Waals surface area contributed by atoms with E-state index in [4.69, 9.17) is 10.5 Å². The second kappa shape index (κ2) is 8.72. The fourth-order valence-electron chi connectivity index (χ4n) is 2.68. The van der Waals surface area contributed by atoms with E-state index in [9.17, 15) is 8.78 Å². The van der Waals surface area contributed by atoms with E-state index < -0.39 is 11.6 Å². The Morgan fingerprint density at radius 3 is 2.65 bits per heavy atom. The third kappa shape index (κ3) is 4.77. The molecule has 7 nitrogen and oxygen atoms in total. The standard InChI is InChI=1S/C17H22F2N6O/c18-13-3-2-12(10-14(13)19)24-17-15(20)16(22-11-23-17)21-4-1-5-25-6-8-26-9-7-25/h2-3,10-11H,1,4-9,20H2,(H2,21,22,23,24). The summed E-state index contributed by atoms with van der Waals surface area (Å²) >= 11 is 0. The van der Waals surface area contributed by atoms with E-state index in [0.717, 1.165) is 51.4 Å². The predicted octanol–water partition coefficient (Wildman–Crippen LogP) is 2.21.